The number of benzene rings is 6. The van der Waals surface area contributed by atoms with Gasteiger partial charge >= 0.3 is 0 Å². The molecule has 0 spiro atoms. The quantitative estimate of drug-likeness (QED) is 0.217. The van der Waals surface area contributed by atoms with Gasteiger partial charge in [-0.15, -0.1) is 11.3 Å². The number of para-hydroxylation sites is 1. The maximum absolute atomic E-state index is 9.26. The molecule has 3 nitrogen and oxygen atoms in total. The standard InChI is InChI=1S/C37H20N2OS/c1-3-13-30-24(9-1)28-20-33-29(25-10-2-4-14-32(25)41-33)19-31(28)39(30)23-17-15-22(16-18-23)37-38-35-26-11-5-7-21-8-6-12-27(34(21)26)36(35)40-37/h1-20H/i15D,16D,17D,18D. The summed E-state index contributed by atoms with van der Waals surface area (Å²) >= 11 is 1.74. The molecule has 0 aliphatic heterocycles. The van der Waals surface area contributed by atoms with E-state index >= 15 is 0 Å². The summed E-state index contributed by atoms with van der Waals surface area (Å²) in [4.78, 5) is 4.78. The Morgan fingerprint density at radius 3 is 2.32 bits per heavy atom. The van der Waals surface area contributed by atoms with Crippen molar-refractivity contribution in [1.29, 1.82) is 0 Å². The number of thiophene rings is 1. The van der Waals surface area contributed by atoms with Crippen molar-refractivity contribution in [1.82, 2.24) is 9.55 Å². The van der Waals surface area contributed by atoms with Gasteiger partial charge in [-0.25, -0.2) is 4.98 Å². The average molecular weight is 545 g/mol. The topological polar surface area (TPSA) is 31.0 Å². The van der Waals surface area contributed by atoms with Gasteiger partial charge in [0.15, 0.2) is 5.76 Å². The minimum Gasteiger partial charge on any atom is -0.435 e. The van der Waals surface area contributed by atoms with Crippen LogP contribution < -0.4 is 0 Å². The number of aromatic nitrogens is 2. The molecule has 3 aromatic heterocycles. The first-order chi connectivity index (χ1) is 22.0. The fourth-order valence-electron chi connectivity index (χ4n) is 6.47. The van der Waals surface area contributed by atoms with Gasteiger partial charge in [-0.3, -0.25) is 0 Å². The van der Waals surface area contributed by atoms with Crippen LogP contribution in [-0.4, -0.2) is 9.55 Å². The van der Waals surface area contributed by atoms with Crippen LogP contribution in [0.25, 0.3) is 92.5 Å². The molecule has 0 radical (unpaired) electrons. The van der Waals surface area contributed by atoms with E-state index in [2.05, 4.69) is 36.4 Å². The Morgan fingerprint density at radius 1 is 0.659 bits per heavy atom. The van der Waals surface area contributed by atoms with Crippen LogP contribution in [0, 0.1) is 0 Å². The molecule has 9 aromatic rings. The third-order valence-electron chi connectivity index (χ3n) is 8.25. The number of nitrogens with zero attached hydrogens (tertiary/aromatic N) is 2. The van der Waals surface area contributed by atoms with Crippen LogP contribution in [-0.2, 0) is 0 Å². The van der Waals surface area contributed by atoms with Crippen molar-refractivity contribution in [2.75, 3.05) is 0 Å². The number of oxazole rings is 1. The second-order valence-electron chi connectivity index (χ2n) is 10.4. The lowest BCUT2D eigenvalue weighted by Gasteiger charge is -2.09. The van der Waals surface area contributed by atoms with Crippen molar-refractivity contribution < 1.29 is 9.90 Å². The molecule has 0 saturated carbocycles. The van der Waals surface area contributed by atoms with Gasteiger partial charge in [-0.1, -0.05) is 72.8 Å². The van der Waals surface area contributed by atoms with Gasteiger partial charge in [-0.2, -0.15) is 0 Å². The van der Waals surface area contributed by atoms with Crippen LogP contribution in [0.3, 0.4) is 0 Å². The van der Waals surface area contributed by atoms with Crippen LogP contribution in [0.2, 0.25) is 0 Å². The highest BCUT2D eigenvalue weighted by Crippen LogP contribution is 2.48. The Kier molecular flexibility index (Phi) is 3.43. The Labute approximate surface area is 244 Å². The molecule has 0 fully saturated rings. The lowest BCUT2D eigenvalue weighted by Crippen LogP contribution is -1.93. The lowest BCUT2D eigenvalue weighted by atomic mass is 10.0. The summed E-state index contributed by atoms with van der Waals surface area (Å²) in [6.07, 6.45) is 0. The van der Waals surface area contributed by atoms with E-state index in [9.17, 15) is 2.74 Å². The number of hydrogen-bond acceptors (Lipinski definition) is 3. The third kappa shape index (κ3) is 2.84. The molecule has 1 aliphatic rings. The van der Waals surface area contributed by atoms with Crippen molar-refractivity contribution >= 4 is 64.1 Å². The van der Waals surface area contributed by atoms with Gasteiger partial charge in [0.05, 0.1) is 16.5 Å². The zero-order chi connectivity index (χ0) is 30.1. The van der Waals surface area contributed by atoms with Gasteiger partial charge in [0.25, 0.3) is 0 Å². The molecule has 41 heavy (non-hydrogen) atoms. The Balaban J connectivity index is 1.24. The Bertz CT molecular complexity index is 2690. The summed E-state index contributed by atoms with van der Waals surface area (Å²) in [6, 6.07) is 31.9. The first-order valence-electron chi connectivity index (χ1n) is 15.5. The zero-order valence-electron chi connectivity index (χ0n) is 25.4. The smallest absolute Gasteiger partial charge is 0.227 e. The zero-order valence-corrected chi connectivity index (χ0v) is 22.3. The fourth-order valence-corrected chi connectivity index (χ4v) is 7.60. The summed E-state index contributed by atoms with van der Waals surface area (Å²) in [7, 11) is 0. The average Bonchev–Trinajstić information content (AvgIpc) is 3.80. The molecule has 190 valence electrons. The number of rotatable bonds is 2. The number of hydrogen-bond donors (Lipinski definition) is 0. The minimum absolute atomic E-state index is 0.0554. The Hall–Kier alpha value is -5.19. The normalized spacial score (nSPS) is 13.8. The molecule has 3 heterocycles. The molecule has 0 N–H and O–H groups in total. The molecule has 0 atom stereocenters. The van der Waals surface area contributed by atoms with Gasteiger partial charge in [-0.05, 0) is 53.8 Å². The van der Waals surface area contributed by atoms with Crippen LogP contribution in [0.15, 0.2) is 126 Å². The van der Waals surface area contributed by atoms with E-state index in [-0.39, 0.29) is 41.3 Å². The minimum atomic E-state index is -0.189. The maximum Gasteiger partial charge on any atom is 0.227 e. The van der Waals surface area contributed by atoms with E-state index < -0.39 is 0 Å². The molecular formula is C37H20N2OS. The highest BCUT2D eigenvalue weighted by molar-refractivity contribution is 7.25. The predicted molar refractivity (Wildman–Crippen MR) is 171 cm³/mol. The van der Waals surface area contributed by atoms with Crippen molar-refractivity contribution in [2.45, 2.75) is 0 Å². The highest BCUT2D eigenvalue weighted by Gasteiger charge is 2.27. The molecule has 0 amide bonds. The predicted octanol–water partition coefficient (Wildman–Crippen LogP) is 10.6. The second kappa shape index (κ2) is 7.72. The van der Waals surface area contributed by atoms with E-state index in [4.69, 9.17) is 12.1 Å². The van der Waals surface area contributed by atoms with Crippen molar-refractivity contribution in [2.24, 2.45) is 0 Å². The van der Waals surface area contributed by atoms with Gasteiger partial charge < -0.3 is 8.98 Å². The van der Waals surface area contributed by atoms with E-state index in [0.717, 1.165) is 59.2 Å². The third-order valence-corrected chi connectivity index (χ3v) is 9.39. The largest absolute Gasteiger partial charge is 0.435 e. The van der Waals surface area contributed by atoms with E-state index in [1.54, 1.807) is 11.3 Å². The molecule has 4 heteroatoms. The molecule has 0 unspecified atom stereocenters. The molecule has 1 aliphatic carbocycles. The summed E-state index contributed by atoms with van der Waals surface area (Å²) < 4.78 is 47.4. The van der Waals surface area contributed by atoms with Gasteiger partial charge in [0, 0.05) is 58.7 Å². The van der Waals surface area contributed by atoms with Crippen LogP contribution in [0.5, 0.6) is 0 Å². The summed E-state index contributed by atoms with van der Waals surface area (Å²) in [6.45, 7) is 0. The second-order valence-corrected chi connectivity index (χ2v) is 11.5. The van der Waals surface area contributed by atoms with Crippen LogP contribution in [0.1, 0.15) is 5.48 Å². The molecular weight excluding hydrogens is 520 g/mol. The molecule has 0 saturated heterocycles. The SMILES string of the molecule is [2H]c1c([2H])c(-n2c3ccccc3c3cc4sc5ccccc5c4cc32)c([2H])c([2H])c1-c1nc2c(o1)-c1cccc3cccc-2c13. The lowest BCUT2D eigenvalue weighted by molar-refractivity contribution is 0.590. The Morgan fingerprint density at radius 2 is 1.44 bits per heavy atom. The maximum atomic E-state index is 9.26. The summed E-state index contributed by atoms with van der Waals surface area (Å²) in [5, 5.41) is 6.41. The first kappa shape index (κ1) is 18.2. The number of fused-ring (bicyclic) bond motifs is 9. The van der Waals surface area contributed by atoms with E-state index in [1.807, 2.05) is 65.2 Å². The van der Waals surface area contributed by atoms with Crippen molar-refractivity contribution in [3.05, 3.63) is 121 Å². The fraction of sp³-hybridized carbons (Fsp3) is 0. The van der Waals surface area contributed by atoms with Gasteiger partial charge in [0.1, 0.15) is 5.69 Å². The highest BCUT2D eigenvalue weighted by atomic mass is 32.1. The van der Waals surface area contributed by atoms with Gasteiger partial charge in [0.2, 0.25) is 5.89 Å². The first-order valence-corrected chi connectivity index (χ1v) is 14.3. The monoisotopic (exact) mass is 544 g/mol. The van der Waals surface area contributed by atoms with Crippen LogP contribution >= 0.6 is 11.3 Å². The summed E-state index contributed by atoms with van der Waals surface area (Å²) in [5.41, 5.74) is 4.43. The molecule has 0 bridgehead atoms. The summed E-state index contributed by atoms with van der Waals surface area (Å²) in [5.74, 6) is 0.677. The molecule has 6 aromatic carbocycles. The van der Waals surface area contributed by atoms with Crippen molar-refractivity contribution in [3.8, 4) is 39.7 Å². The van der Waals surface area contributed by atoms with E-state index in [0.29, 0.717) is 11.5 Å². The van der Waals surface area contributed by atoms with Crippen molar-refractivity contribution in [3.63, 3.8) is 0 Å². The van der Waals surface area contributed by atoms with Crippen LogP contribution in [0.4, 0.5) is 0 Å². The van der Waals surface area contributed by atoms with E-state index in [1.165, 1.54) is 4.70 Å². The molecule has 10 rings (SSSR count).